The van der Waals surface area contributed by atoms with Crippen LogP contribution in [0.3, 0.4) is 0 Å². The summed E-state index contributed by atoms with van der Waals surface area (Å²) in [6.45, 7) is 0.604. The van der Waals surface area contributed by atoms with E-state index in [1.54, 1.807) is 7.11 Å². The number of nitriles is 1. The van der Waals surface area contributed by atoms with Gasteiger partial charge in [-0.05, 0) is 18.9 Å². The topological polar surface area (TPSA) is 45.0 Å². The minimum Gasteiger partial charge on any atom is -0.381 e. The molecule has 0 bridgehead atoms. The quantitative estimate of drug-likeness (QED) is 0.883. The van der Waals surface area contributed by atoms with Gasteiger partial charge in [-0.15, -0.1) is 0 Å². The third-order valence-corrected chi connectivity index (χ3v) is 3.59. The van der Waals surface area contributed by atoms with E-state index in [0.29, 0.717) is 6.61 Å². The molecule has 0 heterocycles. The average molecular weight is 244 g/mol. The van der Waals surface area contributed by atoms with E-state index in [1.807, 2.05) is 12.1 Å². The van der Waals surface area contributed by atoms with E-state index in [4.69, 9.17) is 4.74 Å². The predicted octanol–water partition coefficient (Wildman–Crippen LogP) is 3.33. The summed E-state index contributed by atoms with van der Waals surface area (Å²) in [5.41, 5.74) is 2.26. The molecule has 1 fully saturated rings. The third kappa shape index (κ3) is 3.02. The molecule has 0 saturated heterocycles. The fourth-order valence-corrected chi connectivity index (χ4v) is 2.60. The van der Waals surface area contributed by atoms with Gasteiger partial charge in [0.2, 0.25) is 0 Å². The van der Waals surface area contributed by atoms with Crippen molar-refractivity contribution in [2.24, 2.45) is 5.92 Å². The summed E-state index contributed by atoms with van der Waals surface area (Å²) >= 11 is 0. The molecule has 96 valence electrons. The van der Waals surface area contributed by atoms with Gasteiger partial charge in [-0.1, -0.05) is 31.0 Å². The van der Waals surface area contributed by atoms with Crippen LogP contribution < -0.4 is 5.32 Å². The maximum Gasteiger partial charge on any atom is 0.0733 e. The Labute approximate surface area is 109 Å². The number of methoxy groups -OCH3 is 1. The fourth-order valence-electron chi connectivity index (χ4n) is 2.60. The van der Waals surface area contributed by atoms with Crippen molar-refractivity contribution in [2.45, 2.75) is 38.3 Å². The third-order valence-electron chi connectivity index (χ3n) is 3.59. The van der Waals surface area contributed by atoms with Crippen molar-refractivity contribution in [3.63, 3.8) is 0 Å². The van der Waals surface area contributed by atoms with Crippen molar-refractivity contribution in [2.75, 3.05) is 12.4 Å². The van der Waals surface area contributed by atoms with Crippen LogP contribution in [0.1, 0.15) is 31.2 Å². The molecule has 1 aromatic rings. The lowest BCUT2D eigenvalue weighted by Crippen LogP contribution is -2.31. The van der Waals surface area contributed by atoms with Gasteiger partial charge in [-0.2, -0.15) is 5.26 Å². The zero-order valence-electron chi connectivity index (χ0n) is 10.9. The first-order chi connectivity index (χ1) is 8.85. The second kappa shape index (κ2) is 6.42. The summed E-state index contributed by atoms with van der Waals surface area (Å²) in [5.74, 6) is 0.134. The molecule has 1 N–H and O–H groups in total. The van der Waals surface area contributed by atoms with Crippen LogP contribution >= 0.6 is 0 Å². The predicted molar refractivity (Wildman–Crippen MR) is 72.1 cm³/mol. The van der Waals surface area contributed by atoms with Gasteiger partial charge in [0, 0.05) is 24.4 Å². The lowest BCUT2D eigenvalue weighted by atomic mass is 9.85. The van der Waals surface area contributed by atoms with Crippen LogP contribution in [0.2, 0.25) is 0 Å². The number of rotatable bonds is 4. The highest BCUT2D eigenvalue weighted by Gasteiger charge is 2.25. The van der Waals surface area contributed by atoms with Crippen molar-refractivity contribution in [1.29, 1.82) is 5.26 Å². The highest BCUT2D eigenvalue weighted by molar-refractivity contribution is 5.51. The minimum absolute atomic E-state index is 0.134. The van der Waals surface area contributed by atoms with Gasteiger partial charge in [0.25, 0.3) is 0 Å². The van der Waals surface area contributed by atoms with Gasteiger partial charge in [0.1, 0.15) is 0 Å². The summed E-state index contributed by atoms with van der Waals surface area (Å²) in [5, 5.41) is 12.7. The van der Waals surface area contributed by atoms with Gasteiger partial charge in [-0.3, -0.25) is 0 Å². The van der Waals surface area contributed by atoms with Gasteiger partial charge in [0.05, 0.1) is 18.6 Å². The molecule has 1 aromatic carbocycles. The van der Waals surface area contributed by atoms with Gasteiger partial charge in [0.15, 0.2) is 0 Å². The average Bonchev–Trinajstić information content (AvgIpc) is 2.42. The molecule has 1 aliphatic carbocycles. The van der Waals surface area contributed by atoms with Crippen LogP contribution in [0, 0.1) is 17.2 Å². The van der Waals surface area contributed by atoms with Crippen molar-refractivity contribution in [3.8, 4) is 6.07 Å². The number of para-hydroxylation sites is 1. The molecule has 2 atom stereocenters. The number of hydrogen-bond donors (Lipinski definition) is 1. The number of ether oxygens (including phenoxy) is 1. The van der Waals surface area contributed by atoms with Crippen LogP contribution in [-0.2, 0) is 11.3 Å². The molecule has 3 nitrogen and oxygen atoms in total. The summed E-state index contributed by atoms with van der Waals surface area (Å²) < 4.78 is 5.21. The maximum absolute atomic E-state index is 9.20. The number of hydrogen-bond acceptors (Lipinski definition) is 3. The second-order valence-electron chi connectivity index (χ2n) is 4.86. The summed E-state index contributed by atoms with van der Waals surface area (Å²) in [7, 11) is 1.70. The van der Waals surface area contributed by atoms with E-state index in [0.717, 1.165) is 24.1 Å². The van der Waals surface area contributed by atoms with Gasteiger partial charge < -0.3 is 10.1 Å². The minimum atomic E-state index is 0.134. The SMILES string of the molecule is COCc1ccccc1NC1CCCCC1C#N. The van der Waals surface area contributed by atoms with Crippen LogP contribution in [-0.4, -0.2) is 13.2 Å². The number of nitrogens with one attached hydrogen (secondary N) is 1. The largest absolute Gasteiger partial charge is 0.381 e. The van der Waals surface area contributed by atoms with E-state index < -0.39 is 0 Å². The smallest absolute Gasteiger partial charge is 0.0733 e. The summed E-state index contributed by atoms with van der Waals surface area (Å²) in [6.07, 6.45) is 4.48. The molecule has 1 saturated carbocycles. The Balaban J connectivity index is 2.10. The molecule has 0 amide bonds. The lowest BCUT2D eigenvalue weighted by molar-refractivity contribution is 0.185. The fraction of sp³-hybridized carbons (Fsp3) is 0.533. The lowest BCUT2D eigenvalue weighted by Gasteiger charge is -2.29. The van der Waals surface area contributed by atoms with Crippen LogP contribution in [0.15, 0.2) is 24.3 Å². The van der Waals surface area contributed by atoms with E-state index >= 15 is 0 Å². The van der Waals surface area contributed by atoms with Crippen molar-refractivity contribution in [3.05, 3.63) is 29.8 Å². The maximum atomic E-state index is 9.20. The second-order valence-corrected chi connectivity index (χ2v) is 4.86. The van der Waals surface area contributed by atoms with Crippen molar-refractivity contribution in [1.82, 2.24) is 0 Å². The number of anilines is 1. The normalized spacial score (nSPS) is 23.3. The monoisotopic (exact) mass is 244 g/mol. The first kappa shape index (κ1) is 12.9. The van der Waals surface area contributed by atoms with Crippen LogP contribution in [0.5, 0.6) is 0 Å². The highest BCUT2D eigenvalue weighted by atomic mass is 16.5. The van der Waals surface area contributed by atoms with Gasteiger partial charge in [-0.25, -0.2) is 0 Å². The summed E-state index contributed by atoms with van der Waals surface area (Å²) in [4.78, 5) is 0. The Morgan fingerprint density at radius 3 is 2.89 bits per heavy atom. The standard InChI is InChI=1S/C15H20N2O/c1-18-11-13-7-3-5-9-15(13)17-14-8-4-2-6-12(14)10-16/h3,5,7,9,12,14,17H,2,4,6,8,11H2,1H3. The molecule has 1 aliphatic rings. The Morgan fingerprint density at radius 1 is 1.33 bits per heavy atom. The number of nitrogens with zero attached hydrogens (tertiary/aromatic N) is 1. The van der Waals surface area contributed by atoms with E-state index in [1.165, 1.54) is 12.8 Å². The molecule has 0 spiro atoms. The molecule has 0 radical (unpaired) electrons. The van der Waals surface area contributed by atoms with E-state index in [9.17, 15) is 5.26 Å². The molecule has 3 heteroatoms. The van der Waals surface area contributed by atoms with E-state index in [2.05, 4.69) is 23.5 Å². The molecule has 2 rings (SSSR count). The molecule has 0 aliphatic heterocycles. The first-order valence-electron chi connectivity index (χ1n) is 6.58. The Hall–Kier alpha value is -1.53. The molecular weight excluding hydrogens is 224 g/mol. The molecule has 2 unspecified atom stereocenters. The van der Waals surface area contributed by atoms with Crippen molar-refractivity contribution < 1.29 is 4.74 Å². The Kier molecular flexibility index (Phi) is 4.60. The first-order valence-corrected chi connectivity index (χ1v) is 6.58. The molecule has 18 heavy (non-hydrogen) atoms. The summed E-state index contributed by atoms with van der Waals surface area (Å²) in [6, 6.07) is 10.9. The molecule has 0 aromatic heterocycles. The Bertz CT molecular complexity index is 425. The van der Waals surface area contributed by atoms with Crippen LogP contribution in [0.25, 0.3) is 0 Å². The van der Waals surface area contributed by atoms with Crippen LogP contribution in [0.4, 0.5) is 5.69 Å². The Morgan fingerprint density at radius 2 is 2.11 bits per heavy atom. The zero-order chi connectivity index (χ0) is 12.8. The number of benzene rings is 1. The molecular formula is C15H20N2O. The highest BCUT2D eigenvalue weighted by Crippen LogP contribution is 2.28. The van der Waals surface area contributed by atoms with Gasteiger partial charge >= 0.3 is 0 Å². The zero-order valence-corrected chi connectivity index (χ0v) is 10.9. The van der Waals surface area contributed by atoms with E-state index in [-0.39, 0.29) is 12.0 Å². The van der Waals surface area contributed by atoms with Crippen molar-refractivity contribution >= 4 is 5.69 Å².